The first-order valence-corrected chi connectivity index (χ1v) is 3.57. The first kappa shape index (κ1) is 10.7. The molecule has 0 unspecified atom stereocenters. The highest BCUT2D eigenvalue weighted by Gasteiger charge is 2.35. The minimum Gasteiger partial charge on any atom is -0.469 e. The van der Waals surface area contributed by atoms with Gasteiger partial charge in [-0.15, -0.1) is 12.4 Å². The standard InChI is InChI=1S/C7H13NO2.ClH/c1-10-7(9)6-3-2-5(6)4-8;/h5-6H,2-4,8H2,1H3;1H/t5-,6+;/m1./s1. The van der Waals surface area contributed by atoms with Crippen molar-refractivity contribution in [3.05, 3.63) is 0 Å². The van der Waals surface area contributed by atoms with Gasteiger partial charge in [-0.05, 0) is 25.3 Å². The van der Waals surface area contributed by atoms with Gasteiger partial charge in [0.2, 0.25) is 0 Å². The minimum atomic E-state index is -0.0956. The monoisotopic (exact) mass is 179 g/mol. The molecular weight excluding hydrogens is 166 g/mol. The Labute approximate surface area is 72.7 Å². The second kappa shape index (κ2) is 4.57. The molecule has 4 heteroatoms. The molecule has 1 saturated carbocycles. The topological polar surface area (TPSA) is 52.3 Å². The average molecular weight is 180 g/mol. The molecule has 1 rings (SSSR count). The van der Waals surface area contributed by atoms with E-state index in [1.807, 2.05) is 0 Å². The van der Waals surface area contributed by atoms with Crippen molar-refractivity contribution in [1.29, 1.82) is 0 Å². The molecule has 0 aromatic carbocycles. The minimum absolute atomic E-state index is 0. The zero-order valence-electron chi connectivity index (χ0n) is 6.58. The van der Waals surface area contributed by atoms with E-state index in [1.165, 1.54) is 7.11 Å². The number of nitrogens with two attached hydrogens (primary N) is 1. The van der Waals surface area contributed by atoms with Crippen molar-refractivity contribution in [2.24, 2.45) is 17.6 Å². The summed E-state index contributed by atoms with van der Waals surface area (Å²) >= 11 is 0. The van der Waals surface area contributed by atoms with Gasteiger partial charge in [0.25, 0.3) is 0 Å². The molecule has 11 heavy (non-hydrogen) atoms. The lowest BCUT2D eigenvalue weighted by Gasteiger charge is -2.32. The highest BCUT2D eigenvalue weighted by atomic mass is 35.5. The Morgan fingerprint density at radius 3 is 2.55 bits per heavy atom. The van der Waals surface area contributed by atoms with Crippen molar-refractivity contribution < 1.29 is 9.53 Å². The molecule has 2 N–H and O–H groups in total. The largest absolute Gasteiger partial charge is 0.469 e. The molecular formula is C7H14ClNO2. The van der Waals surface area contributed by atoms with Crippen LogP contribution in [-0.2, 0) is 9.53 Å². The third-order valence-electron chi connectivity index (χ3n) is 2.22. The van der Waals surface area contributed by atoms with E-state index < -0.39 is 0 Å². The van der Waals surface area contributed by atoms with E-state index >= 15 is 0 Å². The molecule has 1 aliphatic rings. The number of methoxy groups -OCH3 is 1. The maximum atomic E-state index is 10.9. The van der Waals surface area contributed by atoms with Crippen molar-refractivity contribution in [2.45, 2.75) is 12.8 Å². The van der Waals surface area contributed by atoms with Gasteiger partial charge in [-0.1, -0.05) is 0 Å². The Balaban J connectivity index is 0.000001000. The van der Waals surface area contributed by atoms with Crippen LogP contribution in [0, 0.1) is 11.8 Å². The van der Waals surface area contributed by atoms with Gasteiger partial charge in [0.15, 0.2) is 0 Å². The van der Waals surface area contributed by atoms with Crippen LogP contribution in [0.3, 0.4) is 0 Å². The zero-order chi connectivity index (χ0) is 7.56. The van der Waals surface area contributed by atoms with Gasteiger partial charge in [0.05, 0.1) is 13.0 Å². The Hall–Kier alpha value is -0.280. The summed E-state index contributed by atoms with van der Waals surface area (Å²) in [4.78, 5) is 10.9. The van der Waals surface area contributed by atoms with Gasteiger partial charge in [0.1, 0.15) is 0 Å². The van der Waals surface area contributed by atoms with E-state index in [9.17, 15) is 4.79 Å². The third-order valence-corrected chi connectivity index (χ3v) is 2.22. The summed E-state index contributed by atoms with van der Waals surface area (Å²) in [7, 11) is 1.42. The van der Waals surface area contributed by atoms with Crippen LogP contribution in [0.15, 0.2) is 0 Å². The molecule has 0 aromatic heterocycles. The van der Waals surface area contributed by atoms with Crippen molar-refractivity contribution in [2.75, 3.05) is 13.7 Å². The molecule has 0 bridgehead atoms. The smallest absolute Gasteiger partial charge is 0.308 e. The van der Waals surface area contributed by atoms with Crippen LogP contribution < -0.4 is 5.73 Å². The number of halogens is 1. The molecule has 0 spiro atoms. The summed E-state index contributed by atoms with van der Waals surface area (Å²) in [5.74, 6) is 0.379. The SMILES string of the molecule is COC(=O)[C@H]1CC[C@@H]1CN.Cl. The Morgan fingerprint density at radius 2 is 2.27 bits per heavy atom. The fourth-order valence-corrected chi connectivity index (χ4v) is 1.31. The summed E-state index contributed by atoms with van der Waals surface area (Å²) in [5, 5.41) is 0. The van der Waals surface area contributed by atoms with Crippen LogP contribution in [0.4, 0.5) is 0 Å². The van der Waals surface area contributed by atoms with E-state index in [0.717, 1.165) is 12.8 Å². The zero-order valence-corrected chi connectivity index (χ0v) is 7.39. The van der Waals surface area contributed by atoms with Crippen LogP contribution in [0.2, 0.25) is 0 Å². The normalized spacial score (nSPS) is 28.2. The van der Waals surface area contributed by atoms with Crippen molar-refractivity contribution in [3.8, 4) is 0 Å². The predicted octanol–water partition coefficient (Wildman–Crippen LogP) is 0.566. The van der Waals surface area contributed by atoms with Crippen LogP contribution in [0.25, 0.3) is 0 Å². The van der Waals surface area contributed by atoms with Crippen LogP contribution in [-0.4, -0.2) is 19.6 Å². The number of esters is 1. The molecule has 1 aliphatic carbocycles. The Morgan fingerprint density at radius 1 is 1.64 bits per heavy atom. The van der Waals surface area contributed by atoms with Crippen molar-refractivity contribution in [3.63, 3.8) is 0 Å². The van der Waals surface area contributed by atoms with Crippen LogP contribution in [0.5, 0.6) is 0 Å². The number of ether oxygens (including phenoxy) is 1. The molecule has 0 aromatic rings. The van der Waals surface area contributed by atoms with E-state index in [4.69, 9.17) is 5.73 Å². The molecule has 66 valence electrons. The van der Waals surface area contributed by atoms with E-state index in [-0.39, 0.29) is 24.3 Å². The van der Waals surface area contributed by atoms with Gasteiger partial charge in [-0.3, -0.25) is 4.79 Å². The number of carbonyl (C=O) groups is 1. The summed E-state index contributed by atoms with van der Waals surface area (Å²) in [6.07, 6.45) is 2.03. The molecule has 0 amide bonds. The highest BCUT2D eigenvalue weighted by Crippen LogP contribution is 2.33. The highest BCUT2D eigenvalue weighted by molar-refractivity contribution is 5.85. The van der Waals surface area contributed by atoms with Gasteiger partial charge in [-0.2, -0.15) is 0 Å². The lowest BCUT2D eigenvalue weighted by Crippen LogP contribution is -2.38. The quantitative estimate of drug-likeness (QED) is 0.631. The second-order valence-electron chi connectivity index (χ2n) is 2.70. The summed E-state index contributed by atoms with van der Waals surface area (Å²) in [6, 6.07) is 0. The molecule has 0 saturated heterocycles. The fourth-order valence-electron chi connectivity index (χ4n) is 1.31. The van der Waals surface area contributed by atoms with E-state index in [1.54, 1.807) is 0 Å². The molecule has 2 atom stereocenters. The number of rotatable bonds is 2. The summed E-state index contributed by atoms with van der Waals surface area (Å²) < 4.78 is 4.59. The van der Waals surface area contributed by atoms with E-state index in [2.05, 4.69) is 4.74 Å². The lowest BCUT2D eigenvalue weighted by molar-refractivity contribution is -0.151. The average Bonchev–Trinajstić information content (AvgIpc) is 1.86. The molecule has 0 radical (unpaired) electrons. The fraction of sp³-hybridized carbons (Fsp3) is 0.857. The van der Waals surface area contributed by atoms with Crippen LogP contribution >= 0.6 is 12.4 Å². The summed E-state index contributed by atoms with van der Waals surface area (Å²) in [6.45, 7) is 0.611. The molecule has 3 nitrogen and oxygen atoms in total. The van der Waals surface area contributed by atoms with Gasteiger partial charge in [-0.25, -0.2) is 0 Å². The molecule has 0 aliphatic heterocycles. The van der Waals surface area contributed by atoms with Crippen molar-refractivity contribution >= 4 is 18.4 Å². The van der Waals surface area contributed by atoms with Gasteiger partial charge >= 0.3 is 5.97 Å². The third kappa shape index (κ3) is 2.07. The maximum Gasteiger partial charge on any atom is 0.308 e. The first-order valence-electron chi connectivity index (χ1n) is 3.57. The number of hydrogen-bond acceptors (Lipinski definition) is 3. The predicted molar refractivity (Wildman–Crippen MR) is 44.5 cm³/mol. The van der Waals surface area contributed by atoms with Crippen LogP contribution in [0.1, 0.15) is 12.8 Å². The second-order valence-corrected chi connectivity index (χ2v) is 2.70. The van der Waals surface area contributed by atoms with Crippen molar-refractivity contribution in [1.82, 2.24) is 0 Å². The maximum absolute atomic E-state index is 10.9. The van der Waals surface area contributed by atoms with Gasteiger partial charge < -0.3 is 10.5 Å². The molecule has 1 fully saturated rings. The van der Waals surface area contributed by atoms with Gasteiger partial charge in [0, 0.05) is 0 Å². The number of carbonyl (C=O) groups excluding carboxylic acids is 1. The Kier molecular flexibility index (Phi) is 4.45. The first-order chi connectivity index (χ1) is 4.79. The molecule has 0 heterocycles. The number of hydrogen-bond donors (Lipinski definition) is 1. The Bertz CT molecular complexity index is 138. The summed E-state index contributed by atoms with van der Waals surface area (Å²) in [5.41, 5.74) is 5.41. The lowest BCUT2D eigenvalue weighted by atomic mass is 9.74. The van der Waals surface area contributed by atoms with E-state index in [0.29, 0.717) is 12.5 Å².